The summed E-state index contributed by atoms with van der Waals surface area (Å²) in [5, 5.41) is 12.7. The third-order valence-electron chi connectivity index (χ3n) is 2.95. The van der Waals surface area contributed by atoms with E-state index in [0.717, 1.165) is 17.8 Å². The average Bonchev–Trinajstić information content (AvgIpc) is 2.96. The predicted octanol–water partition coefficient (Wildman–Crippen LogP) is 3.05. The molecule has 1 amide bonds. The summed E-state index contributed by atoms with van der Waals surface area (Å²) in [6, 6.07) is 4.47. The highest BCUT2D eigenvalue weighted by Crippen LogP contribution is 2.23. The van der Waals surface area contributed by atoms with Gasteiger partial charge >= 0.3 is 5.97 Å². The maximum atomic E-state index is 12.2. The number of aromatic nitrogens is 1. The second-order valence-corrected chi connectivity index (χ2v) is 5.65. The summed E-state index contributed by atoms with van der Waals surface area (Å²) < 4.78 is 5.00. The van der Waals surface area contributed by atoms with Gasteiger partial charge in [0.15, 0.2) is 0 Å². The minimum atomic E-state index is -1.13. The number of nitrogens with zero attached hydrogens (tertiary/aromatic N) is 1. The molecule has 1 aromatic carbocycles. The second-order valence-electron chi connectivity index (χ2n) is 4.54. The number of carboxylic acids is 1. The highest BCUT2D eigenvalue weighted by atomic mass is 32.1. The average molecular weight is 320 g/mol. The molecule has 0 aliphatic rings. The Hall–Kier alpha value is -2.41. The fourth-order valence-corrected chi connectivity index (χ4v) is 2.78. The molecule has 2 rings (SSSR count). The van der Waals surface area contributed by atoms with Gasteiger partial charge in [-0.15, -0.1) is 11.3 Å². The minimum absolute atomic E-state index is 0.0222. The molecular weight excluding hydrogens is 304 g/mol. The number of hydrogen-bond donors (Lipinski definition) is 2. The Morgan fingerprint density at radius 1 is 1.41 bits per heavy atom. The van der Waals surface area contributed by atoms with Gasteiger partial charge in [0.1, 0.15) is 10.6 Å². The molecule has 6 nitrogen and oxygen atoms in total. The van der Waals surface area contributed by atoms with Gasteiger partial charge in [-0.1, -0.05) is 6.92 Å². The zero-order chi connectivity index (χ0) is 16.1. The molecule has 2 N–H and O–H groups in total. The number of ether oxygens (including phenoxy) is 1. The van der Waals surface area contributed by atoms with Crippen molar-refractivity contribution in [1.29, 1.82) is 0 Å². The zero-order valence-electron chi connectivity index (χ0n) is 12.3. The van der Waals surface area contributed by atoms with E-state index in [9.17, 15) is 14.7 Å². The van der Waals surface area contributed by atoms with E-state index in [1.165, 1.54) is 36.8 Å². The van der Waals surface area contributed by atoms with Gasteiger partial charge in [-0.3, -0.25) is 4.79 Å². The van der Waals surface area contributed by atoms with Crippen LogP contribution >= 0.6 is 11.3 Å². The first kappa shape index (κ1) is 16.0. The first-order valence-corrected chi connectivity index (χ1v) is 7.54. The van der Waals surface area contributed by atoms with Crippen molar-refractivity contribution in [2.75, 3.05) is 12.4 Å². The molecule has 0 unspecified atom stereocenters. The number of thiazole rings is 1. The van der Waals surface area contributed by atoms with Crippen LogP contribution in [0.3, 0.4) is 0 Å². The lowest BCUT2D eigenvalue weighted by Crippen LogP contribution is -2.13. The van der Waals surface area contributed by atoms with E-state index in [2.05, 4.69) is 10.3 Å². The van der Waals surface area contributed by atoms with Gasteiger partial charge in [0.25, 0.3) is 5.91 Å². The van der Waals surface area contributed by atoms with Crippen LogP contribution in [-0.2, 0) is 6.42 Å². The van der Waals surface area contributed by atoms with Crippen LogP contribution in [0.1, 0.15) is 38.4 Å². The lowest BCUT2D eigenvalue weighted by atomic mass is 10.1. The van der Waals surface area contributed by atoms with E-state index in [1.807, 2.05) is 6.92 Å². The Balaban J connectivity index is 2.21. The zero-order valence-corrected chi connectivity index (χ0v) is 13.1. The van der Waals surface area contributed by atoms with Crippen molar-refractivity contribution in [1.82, 2.24) is 4.98 Å². The number of carbonyl (C=O) groups excluding carboxylic acids is 1. The summed E-state index contributed by atoms with van der Waals surface area (Å²) >= 11 is 1.31. The van der Waals surface area contributed by atoms with Crippen molar-refractivity contribution >= 4 is 28.9 Å². The molecule has 22 heavy (non-hydrogen) atoms. The van der Waals surface area contributed by atoms with Crippen LogP contribution in [0.15, 0.2) is 24.4 Å². The highest BCUT2D eigenvalue weighted by molar-refractivity contribution is 7.13. The molecule has 0 aliphatic heterocycles. The maximum absolute atomic E-state index is 12.2. The monoisotopic (exact) mass is 320 g/mol. The summed E-state index contributed by atoms with van der Waals surface area (Å²) in [4.78, 5) is 28.1. The molecule has 0 aliphatic carbocycles. The molecule has 1 heterocycles. The number of amides is 1. The number of nitrogens with one attached hydrogen (secondary N) is 1. The fraction of sp³-hybridized carbons (Fsp3) is 0.267. The summed E-state index contributed by atoms with van der Waals surface area (Å²) in [5.74, 6) is -1.09. The highest BCUT2D eigenvalue weighted by Gasteiger charge is 2.16. The maximum Gasteiger partial charge on any atom is 0.337 e. The first-order valence-electron chi connectivity index (χ1n) is 6.72. The van der Waals surface area contributed by atoms with Gasteiger partial charge in [-0.05, 0) is 31.0 Å². The number of carboxylic acid groups (broad SMARTS) is 1. The second kappa shape index (κ2) is 7.04. The number of aryl methyl sites for hydroxylation is 1. The standard InChI is InChI=1S/C15H16N2O4S/c1-3-4-13-16-8-12(22-13)14(18)17-11-6-5-9(21-2)7-10(11)15(19)20/h5-8H,3-4H2,1-2H3,(H,17,18)(H,19,20). The summed E-state index contributed by atoms with van der Waals surface area (Å²) in [5.41, 5.74) is 0.203. The van der Waals surface area contributed by atoms with E-state index in [1.54, 1.807) is 6.07 Å². The predicted molar refractivity (Wildman–Crippen MR) is 84.0 cm³/mol. The summed E-state index contributed by atoms with van der Waals surface area (Å²) in [7, 11) is 1.45. The molecule has 0 bridgehead atoms. The SMILES string of the molecule is CCCc1ncc(C(=O)Nc2ccc(OC)cc2C(=O)O)s1. The van der Waals surface area contributed by atoms with Crippen molar-refractivity contribution in [3.05, 3.63) is 39.8 Å². The molecule has 1 aromatic heterocycles. The first-order chi connectivity index (χ1) is 10.5. The van der Waals surface area contributed by atoms with Gasteiger partial charge in [0, 0.05) is 0 Å². The van der Waals surface area contributed by atoms with Gasteiger partial charge in [0.2, 0.25) is 0 Å². The van der Waals surface area contributed by atoms with Gasteiger partial charge in [0.05, 0.1) is 29.6 Å². The van der Waals surface area contributed by atoms with Crippen LogP contribution in [0.2, 0.25) is 0 Å². The van der Waals surface area contributed by atoms with Crippen LogP contribution in [0.4, 0.5) is 5.69 Å². The Morgan fingerprint density at radius 2 is 2.18 bits per heavy atom. The van der Waals surface area contributed by atoms with Crippen LogP contribution < -0.4 is 10.1 Å². The number of methoxy groups -OCH3 is 1. The van der Waals surface area contributed by atoms with Gasteiger partial charge < -0.3 is 15.2 Å². The fourth-order valence-electron chi connectivity index (χ4n) is 1.86. The Kier molecular flexibility index (Phi) is 5.11. The number of hydrogen-bond acceptors (Lipinski definition) is 5. The number of carbonyl (C=O) groups is 2. The van der Waals surface area contributed by atoms with Crippen molar-refractivity contribution in [3.8, 4) is 5.75 Å². The third kappa shape index (κ3) is 3.62. The van der Waals surface area contributed by atoms with Crippen molar-refractivity contribution < 1.29 is 19.4 Å². The number of anilines is 1. The van der Waals surface area contributed by atoms with E-state index < -0.39 is 5.97 Å². The van der Waals surface area contributed by atoms with Crippen molar-refractivity contribution in [2.24, 2.45) is 0 Å². The molecule has 0 radical (unpaired) electrons. The normalized spacial score (nSPS) is 10.3. The van der Waals surface area contributed by atoms with Crippen LogP contribution in [0.5, 0.6) is 5.75 Å². The topological polar surface area (TPSA) is 88.5 Å². The number of benzene rings is 1. The minimum Gasteiger partial charge on any atom is -0.497 e. The quantitative estimate of drug-likeness (QED) is 0.854. The summed E-state index contributed by atoms with van der Waals surface area (Å²) in [6.45, 7) is 2.04. The molecule has 0 spiro atoms. The Labute approximate surface area is 131 Å². The Morgan fingerprint density at radius 3 is 2.82 bits per heavy atom. The number of rotatable bonds is 6. The molecule has 2 aromatic rings. The van der Waals surface area contributed by atoms with Crippen LogP contribution in [-0.4, -0.2) is 29.1 Å². The molecule has 0 saturated heterocycles. The Bertz CT molecular complexity index is 697. The summed E-state index contributed by atoms with van der Waals surface area (Å²) in [6.07, 6.45) is 3.28. The van der Waals surface area contributed by atoms with Crippen molar-refractivity contribution in [2.45, 2.75) is 19.8 Å². The van der Waals surface area contributed by atoms with E-state index >= 15 is 0 Å². The third-order valence-corrected chi connectivity index (χ3v) is 4.00. The molecular formula is C15H16N2O4S. The number of aromatic carboxylic acids is 1. The molecule has 116 valence electrons. The van der Waals surface area contributed by atoms with Crippen LogP contribution in [0, 0.1) is 0 Å². The van der Waals surface area contributed by atoms with E-state index in [4.69, 9.17) is 4.74 Å². The van der Waals surface area contributed by atoms with E-state index in [-0.39, 0.29) is 17.2 Å². The molecule has 7 heteroatoms. The smallest absolute Gasteiger partial charge is 0.337 e. The van der Waals surface area contributed by atoms with Crippen molar-refractivity contribution in [3.63, 3.8) is 0 Å². The molecule has 0 atom stereocenters. The van der Waals surface area contributed by atoms with Crippen LogP contribution in [0.25, 0.3) is 0 Å². The largest absolute Gasteiger partial charge is 0.497 e. The van der Waals surface area contributed by atoms with E-state index in [0.29, 0.717) is 10.6 Å². The molecule has 0 fully saturated rings. The van der Waals surface area contributed by atoms with Gasteiger partial charge in [-0.2, -0.15) is 0 Å². The lowest BCUT2D eigenvalue weighted by molar-refractivity contribution is 0.0697. The molecule has 0 saturated carbocycles. The van der Waals surface area contributed by atoms with Gasteiger partial charge in [-0.25, -0.2) is 9.78 Å². The lowest BCUT2D eigenvalue weighted by Gasteiger charge is -2.09.